The first-order chi connectivity index (χ1) is 7.33. The minimum atomic E-state index is -0.660. The van der Waals surface area contributed by atoms with E-state index in [1.54, 1.807) is 10.9 Å². The fourth-order valence-electron chi connectivity index (χ4n) is 1.47. The number of aliphatic hydroxyl groups excluding tert-OH is 1. The lowest BCUT2D eigenvalue weighted by molar-refractivity contribution is 0.202. The molecule has 0 spiro atoms. The largest absolute Gasteiger partial charge is 0.387 e. The van der Waals surface area contributed by atoms with Gasteiger partial charge in [-0.2, -0.15) is 5.10 Å². The summed E-state index contributed by atoms with van der Waals surface area (Å²) in [4.78, 5) is 0. The third-order valence-electron chi connectivity index (χ3n) is 2.19. The minimum Gasteiger partial charge on any atom is -0.387 e. The van der Waals surface area contributed by atoms with Crippen LogP contribution in [0.3, 0.4) is 0 Å². The molecule has 0 bridgehead atoms. The van der Waals surface area contributed by atoms with Gasteiger partial charge in [-0.15, -0.1) is 11.6 Å². The van der Waals surface area contributed by atoms with E-state index in [-0.39, 0.29) is 5.88 Å². The second kappa shape index (κ2) is 4.47. The summed E-state index contributed by atoms with van der Waals surface area (Å²) in [5.41, 5.74) is 1.65. The van der Waals surface area contributed by atoms with E-state index in [2.05, 4.69) is 5.10 Å². The van der Waals surface area contributed by atoms with E-state index in [4.69, 9.17) is 11.6 Å². The molecule has 1 aromatic heterocycles. The molecule has 2 aromatic rings. The van der Waals surface area contributed by atoms with Gasteiger partial charge in [0.15, 0.2) is 0 Å². The first-order valence-electron chi connectivity index (χ1n) is 4.66. The number of aromatic nitrogens is 2. The molecule has 0 aliphatic rings. The molecule has 1 atom stereocenters. The molecule has 0 aliphatic carbocycles. The van der Waals surface area contributed by atoms with Gasteiger partial charge in [-0.25, -0.2) is 4.68 Å². The molecule has 1 N–H and O–H groups in total. The number of rotatable bonds is 3. The summed E-state index contributed by atoms with van der Waals surface area (Å²) in [7, 11) is 0. The maximum atomic E-state index is 9.74. The van der Waals surface area contributed by atoms with E-state index in [1.807, 2.05) is 36.5 Å². The summed E-state index contributed by atoms with van der Waals surface area (Å²) >= 11 is 5.64. The van der Waals surface area contributed by atoms with Crippen molar-refractivity contribution in [3.05, 3.63) is 48.3 Å². The molecule has 0 radical (unpaired) electrons. The molecular weight excluding hydrogens is 212 g/mol. The normalized spacial score (nSPS) is 12.7. The van der Waals surface area contributed by atoms with Gasteiger partial charge >= 0.3 is 0 Å². The highest BCUT2D eigenvalue weighted by Gasteiger charge is 2.11. The zero-order valence-corrected chi connectivity index (χ0v) is 8.80. The van der Waals surface area contributed by atoms with Crippen LogP contribution in [0.15, 0.2) is 42.7 Å². The third kappa shape index (κ3) is 2.03. The van der Waals surface area contributed by atoms with Crippen molar-refractivity contribution in [2.75, 3.05) is 5.88 Å². The Morgan fingerprint density at radius 2 is 2.13 bits per heavy atom. The molecule has 0 saturated carbocycles. The second-order valence-electron chi connectivity index (χ2n) is 3.18. The second-order valence-corrected chi connectivity index (χ2v) is 3.49. The van der Waals surface area contributed by atoms with Gasteiger partial charge in [0, 0.05) is 18.0 Å². The van der Waals surface area contributed by atoms with Crippen LogP contribution in [0.5, 0.6) is 0 Å². The van der Waals surface area contributed by atoms with E-state index >= 15 is 0 Å². The average molecular weight is 223 g/mol. The Hall–Kier alpha value is -1.32. The molecule has 3 nitrogen and oxygen atoms in total. The summed E-state index contributed by atoms with van der Waals surface area (Å²) in [6, 6.07) is 9.37. The zero-order valence-electron chi connectivity index (χ0n) is 8.05. The van der Waals surface area contributed by atoms with Crippen LogP contribution >= 0.6 is 11.6 Å². The summed E-state index contributed by atoms with van der Waals surface area (Å²) in [6.07, 6.45) is 2.87. The molecule has 0 fully saturated rings. The fraction of sp³-hybridized carbons (Fsp3) is 0.182. The Balaban J connectivity index is 2.47. The van der Waals surface area contributed by atoms with Gasteiger partial charge < -0.3 is 5.11 Å². The maximum Gasteiger partial charge on any atom is 0.0946 e. The van der Waals surface area contributed by atoms with E-state index in [0.717, 1.165) is 11.3 Å². The summed E-state index contributed by atoms with van der Waals surface area (Å²) in [5, 5.41) is 13.9. The third-order valence-corrected chi connectivity index (χ3v) is 2.49. The molecule has 4 heteroatoms. The van der Waals surface area contributed by atoms with Gasteiger partial charge in [0.25, 0.3) is 0 Å². The number of alkyl halides is 1. The zero-order chi connectivity index (χ0) is 10.7. The minimum absolute atomic E-state index is 0.179. The van der Waals surface area contributed by atoms with Crippen LogP contribution in [0.1, 0.15) is 11.7 Å². The Morgan fingerprint density at radius 1 is 1.33 bits per heavy atom. The predicted molar refractivity (Wildman–Crippen MR) is 59.2 cm³/mol. The molecule has 0 saturated heterocycles. The highest BCUT2D eigenvalue weighted by Crippen LogP contribution is 2.21. The lowest BCUT2D eigenvalue weighted by atomic mass is 10.1. The summed E-state index contributed by atoms with van der Waals surface area (Å²) < 4.78 is 1.71. The first-order valence-corrected chi connectivity index (χ1v) is 5.19. The number of hydrogen-bond acceptors (Lipinski definition) is 2. The topological polar surface area (TPSA) is 38.0 Å². The standard InChI is InChI=1S/C11H11ClN2O/c12-8-11(15)9-4-1-2-5-10(9)14-7-3-6-13-14/h1-7,11,15H,8H2. The van der Waals surface area contributed by atoms with Gasteiger partial charge in [0.05, 0.1) is 17.7 Å². The van der Waals surface area contributed by atoms with Crippen LogP contribution in [-0.2, 0) is 0 Å². The summed E-state index contributed by atoms with van der Waals surface area (Å²) in [5.74, 6) is 0.179. The molecule has 1 unspecified atom stereocenters. The van der Waals surface area contributed by atoms with E-state index in [9.17, 15) is 5.11 Å². The highest BCUT2D eigenvalue weighted by atomic mass is 35.5. The summed E-state index contributed by atoms with van der Waals surface area (Å²) in [6.45, 7) is 0. The van der Waals surface area contributed by atoms with Gasteiger partial charge in [-0.3, -0.25) is 0 Å². The number of hydrogen-bond donors (Lipinski definition) is 1. The van der Waals surface area contributed by atoms with Crippen molar-refractivity contribution in [1.82, 2.24) is 9.78 Å². The van der Waals surface area contributed by atoms with Crippen LogP contribution < -0.4 is 0 Å². The monoisotopic (exact) mass is 222 g/mol. The number of aliphatic hydroxyl groups is 1. The van der Waals surface area contributed by atoms with Gasteiger partial charge in [0.2, 0.25) is 0 Å². The SMILES string of the molecule is OC(CCl)c1ccccc1-n1cccn1. The molecule has 1 aromatic carbocycles. The van der Waals surface area contributed by atoms with Crippen molar-refractivity contribution >= 4 is 11.6 Å². The van der Waals surface area contributed by atoms with Crippen molar-refractivity contribution in [3.63, 3.8) is 0 Å². The Morgan fingerprint density at radius 3 is 2.80 bits per heavy atom. The number of benzene rings is 1. The number of para-hydroxylation sites is 1. The van der Waals surface area contributed by atoms with Crippen LogP contribution in [0.4, 0.5) is 0 Å². The Kier molecular flexibility index (Phi) is 3.04. The molecule has 15 heavy (non-hydrogen) atoms. The van der Waals surface area contributed by atoms with E-state index in [0.29, 0.717) is 0 Å². The predicted octanol–water partition coefficient (Wildman–Crippen LogP) is 2.14. The van der Waals surface area contributed by atoms with Gasteiger partial charge in [-0.1, -0.05) is 18.2 Å². The van der Waals surface area contributed by atoms with Crippen molar-refractivity contribution < 1.29 is 5.11 Å². The van der Waals surface area contributed by atoms with Gasteiger partial charge in [-0.05, 0) is 12.1 Å². The molecule has 0 amide bonds. The van der Waals surface area contributed by atoms with Crippen LogP contribution in [-0.4, -0.2) is 20.8 Å². The molecule has 0 aliphatic heterocycles. The maximum absolute atomic E-state index is 9.74. The van der Waals surface area contributed by atoms with E-state index in [1.165, 1.54) is 0 Å². The van der Waals surface area contributed by atoms with Crippen LogP contribution in [0, 0.1) is 0 Å². The lowest BCUT2D eigenvalue weighted by Gasteiger charge is -2.12. The fourth-order valence-corrected chi connectivity index (χ4v) is 1.64. The van der Waals surface area contributed by atoms with Crippen molar-refractivity contribution in [1.29, 1.82) is 0 Å². The van der Waals surface area contributed by atoms with Crippen LogP contribution in [0.2, 0.25) is 0 Å². The first kappa shape index (κ1) is 10.2. The van der Waals surface area contributed by atoms with Crippen LogP contribution in [0.25, 0.3) is 5.69 Å². The smallest absolute Gasteiger partial charge is 0.0946 e. The van der Waals surface area contributed by atoms with Crippen molar-refractivity contribution in [3.8, 4) is 5.69 Å². The molecule has 1 heterocycles. The molecular formula is C11H11ClN2O. The molecule has 78 valence electrons. The van der Waals surface area contributed by atoms with Crippen molar-refractivity contribution in [2.45, 2.75) is 6.10 Å². The Labute approximate surface area is 92.9 Å². The van der Waals surface area contributed by atoms with E-state index < -0.39 is 6.10 Å². The lowest BCUT2D eigenvalue weighted by Crippen LogP contribution is -2.06. The quantitative estimate of drug-likeness (QED) is 0.809. The molecule has 2 rings (SSSR count). The highest BCUT2D eigenvalue weighted by molar-refractivity contribution is 6.18. The van der Waals surface area contributed by atoms with Crippen molar-refractivity contribution in [2.24, 2.45) is 0 Å². The van der Waals surface area contributed by atoms with Gasteiger partial charge in [0.1, 0.15) is 0 Å². The Bertz CT molecular complexity index is 428. The number of halogens is 1. The average Bonchev–Trinajstić information content (AvgIpc) is 2.81. The number of nitrogens with zero attached hydrogens (tertiary/aromatic N) is 2.